The average Bonchev–Trinajstić information content (AvgIpc) is 3.31. The largest absolute Gasteiger partial charge is 0.493 e. The van der Waals surface area contributed by atoms with Crippen molar-refractivity contribution in [2.24, 2.45) is 5.41 Å². The second-order valence-electron chi connectivity index (χ2n) is 8.90. The number of benzene rings is 2. The molecule has 0 aliphatic heterocycles. The van der Waals surface area contributed by atoms with Crippen molar-refractivity contribution in [2.75, 3.05) is 11.9 Å². The van der Waals surface area contributed by atoms with E-state index in [2.05, 4.69) is 16.7 Å². The molecular weight excluding hydrogens is 416 g/mol. The van der Waals surface area contributed by atoms with E-state index in [9.17, 15) is 9.59 Å². The van der Waals surface area contributed by atoms with Crippen LogP contribution < -0.4 is 15.4 Å². The molecule has 0 aliphatic rings. The lowest BCUT2D eigenvalue weighted by Crippen LogP contribution is -2.31. The first kappa shape index (κ1) is 24.1. The van der Waals surface area contributed by atoms with Gasteiger partial charge < -0.3 is 19.8 Å². The maximum Gasteiger partial charge on any atom is 0.251 e. The fraction of sp³-hybridized carbons (Fsp3) is 0.333. The van der Waals surface area contributed by atoms with Gasteiger partial charge in [-0.1, -0.05) is 32.0 Å². The first-order valence-corrected chi connectivity index (χ1v) is 11.2. The van der Waals surface area contributed by atoms with Gasteiger partial charge in [-0.05, 0) is 74.2 Å². The van der Waals surface area contributed by atoms with Gasteiger partial charge in [-0.2, -0.15) is 0 Å². The number of carbonyl (C=O) groups excluding carboxylic acids is 2. The van der Waals surface area contributed by atoms with Gasteiger partial charge in [0.2, 0.25) is 5.91 Å². The van der Waals surface area contributed by atoms with Crippen LogP contribution in [0.4, 0.5) is 5.69 Å². The van der Waals surface area contributed by atoms with Gasteiger partial charge in [-0.15, -0.1) is 0 Å². The zero-order valence-corrected chi connectivity index (χ0v) is 19.7. The molecule has 1 aromatic heterocycles. The van der Waals surface area contributed by atoms with Crippen molar-refractivity contribution in [3.8, 4) is 5.75 Å². The molecule has 174 valence electrons. The molecule has 2 amide bonds. The molecule has 6 heteroatoms. The Bertz CT molecular complexity index is 1090. The van der Waals surface area contributed by atoms with E-state index in [0.29, 0.717) is 36.6 Å². The second-order valence-corrected chi connectivity index (χ2v) is 8.90. The number of hydrogen-bond donors (Lipinski definition) is 2. The Morgan fingerprint density at radius 2 is 1.85 bits per heavy atom. The van der Waals surface area contributed by atoms with Gasteiger partial charge in [0.1, 0.15) is 11.5 Å². The summed E-state index contributed by atoms with van der Waals surface area (Å²) in [6, 6.07) is 16.6. The molecule has 2 aromatic carbocycles. The molecule has 0 saturated heterocycles. The number of aryl methyl sites for hydroxylation is 2. The molecule has 33 heavy (non-hydrogen) atoms. The summed E-state index contributed by atoms with van der Waals surface area (Å²) in [6.07, 6.45) is 2.99. The number of carbonyl (C=O) groups is 2. The zero-order valence-electron chi connectivity index (χ0n) is 19.7. The number of nitrogens with one attached hydrogen (secondary N) is 2. The SMILES string of the molecule is Cc1ccc(C)c(OCCCC(C)(C)C(=O)Nc2cccc(C(=O)NCc3ccco3)c2)c1. The molecule has 6 nitrogen and oxygen atoms in total. The molecule has 0 saturated carbocycles. The third kappa shape index (κ3) is 6.97. The van der Waals surface area contributed by atoms with Gasteiger partial charge in [-0.3, -0.25) is 9.59 Å². The van der Waals surface area contributed by atoms with Crippen LogP contribution in [0.2, 0.25) is 0 Å². The lowest BCUT2D eigenvalue weighted by Gasteiger charge is -2.24. The topological polar surface area (TPSA) is 80.6 Å². The highest BCUT2D eigenvalue weighted by atomic mass is 16.5. The van der Waals surface area contributed by atoms with Crippen LogP contribution in [0.15, 0.2) is 65.3 Å². The van der Waals surface area contributed by atoms with Crippen molar-refractivity contribution < 1.29 is 18.7 Å². The Morgan fingerprint density at radius 1 is 1.03 bits per heavy atom. The van der Waals surface area contributed by atoms with Crippen molar-refractivity contribution in [3.63, 3.8) is 0 Å². The van der Waals surface area contributed by atoms with Gasteiger partial charge in [-0.25, -0.2) is 0 Å². The van der Waals surface area contributed by atoms with Gasteiger partial charge in [0, 0.05) is 16.7 Å². The van der Waals surface area contributed by atoms with Crippen LogP contribution in [0, 0.1) is 19.3 Å². The van der Waals surface area contributed by atoms with Gasteiger partial charge in [0.25, 0.3) is 5.91 Å². The molecule has 3 rings (SSSR count). The number of anilines is 1. The lowest BCUT2D eigenvalue weighted by atomic mass is 9.87. The van der Waals surface area contributed by atoms with Crippen molar-refractivity contribution in [3.05, 3.63) is 83.3 Å². The normalized spacial score (nSPS) is 11.2. The third-order valence-corrected chi connectivity index (χ3v) is 5.55. The highest BCUT2D eigenvalue weighted by Crippen LogP contribution is 2.26. The summed E-state index contributed by atoms with van der Waals surface area (Å²) < 4.78 is 11.1. The Kier molecular flexibility index (Phi) is 7.93. The molecule has 0 atom stereocenters. The predicted octanol–water partition coefficient (Wildman–Crippen LogP) is 5.65. The van der Waals surface area contributed by atoms with Crippen LogP contribution in [0.25, 0.3) is 0 Å². The smallest absolute Gasteiger partial charge is 0.251 e. The summed E-state index contributed by atoms with van der Waals surface area (Å²) in [5.74, 6) is 1.24. The van der Waals surface area contributed by atoms with Crippen molar-refractivity contribution >= 4 is 17.5 Å². The first-order valence-electron chi connectivity index (χ1n) is 11.2. The number of hydrogen-bond acceptors (Lipinski definition) is 4. The van der Waals surface area contributed by atoms with E-state index >= 15 is 0 Å². The molecule has 2 N–H and O–H groups in total. The quantitative estimate of drug-likeness (QED) is 0.393. The minimum atomic E-state index is -0.581. The van der Waals surface area contributed by atoms with Crippen LogP contribution in [0.5, 0.6) is 5.75 Å². The summed E-state index contributed by atoms with van der Waals surface area (Å²) in [7, 11) is 0. The standard InChI is InChI=1S/C27H32N2O4/c1-19-11-12-20(2)24(16-19)33-15-7-13-27(3,4)26(31)29-22-9-5-8-21(17-22)25(30)28-18-23-10-6-14-32-23/h5-6,8-12,14,16-17H,7,13,15,18H2,1-4H3,(H,28,30)(H,29,31). The first-order chi connectivity index (χ1) is 15.7. The summed E-state index contributed by atoms with van der Waals surface area (Å²) in [5.41, 5.74) is 2.74. The van der Waals surface area contributed by atoms with E-state index in [1.54, 1.807) is 42.7 Å². The summed E-state index contributed by atoms with van der Waals surface area (Å²) >= 11 is 0. The minimum absolute atomic E-state index is 0.0950. The highest BCUT2D eigenvalue weighted by molar-refractivity contribution is 5.98. The Balaban J connectivity index is 1.50. The van der Waals surface area contributed by atoms with E-state index in [1.165, 1.54) is 0 Å². The predicted molar refractivity (Wildman–Crippen MR) is 129 cm³/mol. The van der Waals surface area contributed by atoms with Gasteiger partial charge in [0.05, 0.1) is 19.4 Å². The highest BCUT2D eigenvalue weighted by Gasteiger charge is 2.27. The maximum absolute atomic E-state index is 12.9. The van der Waals surface area contributed by atoms with E-state index in [1.807, 2.05) is 39.8 Å². The molecule has 1 heterocycles. The number of furan rings is 1. The van der Waals surface area contributed by atoms with Gasteiger partial charge in [0.15, 0.2) is 0 Å². The molecule has 0 unspecified atom stereocenters. The summed E-state index contributed by atoms with van der Waals surface area (Å²) in [4.78, 5) is 25.3. The van der Waals surface area contributed by atoms with Crippen LogP contribution >= 0.6 is 0 Å². The van der Waals surface area contributed by atoms with Crippen molar-refractivity contribution in [1.82, 2.24) is 5.32 Å². The van der Waals surface area contributed by atoms with Crippen LogP contribution in [0.3, 0.4) is 0 Å². The van der Waals surface area contributed by atoms with E-state index in [0.717, 1.165) is 23.3 Å². The molecule has 0 fully saturated rings. The molecule has 0 bridgehead atoms. The fourth-order valence-corrected chi connectivity index (χ4v) is 3.39. The van der Waals surface area contributed by atoms with E-state index in [-0.39, 0.29) is 11.8 Å². The Labute approximate surface area is 195 Å². The number of amides is 2. The van der Waals surface area contributed by atoms with Crippen LogP contribution in [-0.2, 0) is 11.3 Å². The minimum Gasteiger partial charge on any atom is -0.493 e. The van der Waals surface area contributed by atoms with Gasteiger partial charge >= 0.3 is 0 Å². The molecule has 0 radical (unpaired) electrons. The molecule has 0 aliphatic carbocycles. The number of ether oxygens (including phenoxy) is 1. The van der Waals surface area contributed by atoms with E-state index in [4.69, 9.17) is 9.15 Å². The second kappa shape index (κ2) is 10.9. The zero-order chi connectivity index (χ0) is 23.8. The molecule has 3 aromatic rings. The Morgan fingerprint density at radius 3 is 2.61 bits per heavy atom. The molecule has 0 spiro atoms. The van der Waals surface area contributed by atoms with Crippen LogP contribution in [0.1, 0.15) is 53.9 Å². The third-order valence-electron chi connectivity index (χ3n) is 5.55. The number of rotatable bonds is 10. The molecular formula is C27H32N2O4. The van der Waals surface area contributed by atoms with Crippen molar-refractivity contribution in [1.29, 1.82) is 0 Å². The lowest BCUT2D eigenvalue weighted by molar-refractivity contribution is -0.124. The maximum atomic E-state index is 12.9. The summed E-state index contributed by atoms with van der Waals surface area (Å²) in [6.45, 7) is 8.75. The Hall–Kier alpha value is -3.54. The fourth-order valence-electron chi connectivity index (χ4n) is 3.39. The van der Waals surface area contributed by atoms with E-state index < -0.39 is 5.41 Å². The summed E-state index contributed by atoms with van der Waals surface area (Å²) in [5, 5.41) is 5.75. The van der Waals surface area contributed by atoms with Crippen LogP contribution in [-0.4, -0.2) is 18.4 Å². The monoisotopic (exact) mass is 448 g/mol. The van der Waals surface area contributed by atoms with Crippen molar-refractivity contribution in [2.45, 2.75) is 47.1 Å². The average molecular weight is 449 g/mol.